The SMILES string of the molecule is O=C(O)C1COC2(CCCCC2)N1C(=O)c1cccc(F)c1. The van der Waals surface area contributed by atoms with Crippen LogP contribution in [-0.2, 0) is 9.53 Å². The van der Waals surface area contributed by atoms with Crippen molar-refractivity contribution >= 4 is 11.9 Å². The predicted octanol–water partition coefficient (Wildman–Crippen LogP) is 2.41. The lowest BCUT2D eigenvalue weighted by Crippen LogP contribution is -2.54. The first kappa shape index (κ1) is 15.0. The van der Waals surface area contributed by atoms with Gasteiger partial charge in [0.05, 0.1) is 6.61 Å². The summed E-state index contributed by atoms with van der Waals surface area (Å²) in [5, 5.41) is 9.40. The Bertz CT molecular complexity index is 598. The smallest absolute Gasteiger partial charge is 0.328 e. The molecule has 2 fully saturated rings. The zero-order chi connectivity index (χ0) is 15.7. The van der Waals surface area contributed by atoms with Gasteiger partial charge in [-0.1, -0.05) is 12.5 Å². The molecule has 1 aliphatic carbocycles. The number of hydrogen-bond donors (Lipinski definition) is 1. The van der Waals surface area contributed by atoms with Gasteiger partial charge in [-0.3, -0.25) is 9.69 Å². The first-order valence-corrected chi connectivity index (χ1v) is 7.49. The van der Waals surface area contributed by atoms with E-state index in [4.69, 9.17) is 4.74 Å². The molecule has 1 saturated heterocycles. The number of carbonyl (C=O) groups is 2. The number of carboxylic acid groups (broad SMARTS) is 1. The average molecular weight is 307 g/mol. The van der Waals surface area contributed by atoms with Crippen molar-refractivity contribution in [2.75, 3.05) is 6.61 Å². The van der Waals surface area contributed by atoms with Crippen LogP contribution in [0, 0.1) is 5.82 Å². The molecular formula is C16H18FNO4. The van der Waals surface area contributed by atoms with E-state index < -0.39 is 29.5 Å². The van der Waals surface area contributed by atoms with Gasteiger partial charge in [0, 0.05) is 5.56 Å². The molecule has 22 heavy (non-hydrogen) atoms. The van der Waals surface area contributed by atoms with E-state index in [0.717, 1.165) is 25.3 Å². The third-order valence-corrected chi connectivity index (χ3v) is 4.47. The molecule has 0 aromatic heterocycles. The quantitative estimate of drug-likeness (QED) is 0.911. The normalized spacial score (nSPS) is 23.7. The molecule has 1 unspecified atom stereocenters. The van der Waals surface area contributed by atoms with E-state index in [0.29, 0.717) is 12.8 Å². The molecule has 1 aliphatic heterocycles. The molecule has 5 nitrogen and oxygen atoms in total. The fraction of sp³-hybridized carbons (Fsp3) is 0.500. The third kappa shape index (κ3) is 2.47. The maximum absolute atomic E-state index is 13.4. The predicted molar refractivity (Wildman–Crippen MR) is 75.8 cm³/mol. The van der Waals surface area contributed by atoms with E-state index in [1.165, 1.54) is 23.1 Å². The first-order valence-electron chi connectivity index (χ1n) is 7.49. The van der Waals surface area contributed by atoms with Crippen LogP contribution in [0.1, 0.15) is 42.5 Å². The Hall–Kier alpha value is -1.95. The van der Waals surface area contributed by atoms with Gasteiger partial charge in [-0.2, -0.15) is 0 Å². The summed E-state index contributed by atoms with van der Waals surface area (Å²) in [6.07, 6.45) is 4.07. The summed E-state index contributed by atoms with van der Waals surface area (Å²) in [5.41, 5.74) is -0.702. The van der Waals surface area contributed by atoms with Crippen molar-refractivity contribution in [3.63, 3.8) is 0 Å². The van der Waals surface area contributed by atoms with Crippen LogP contribution in [0.4, 0.5) is 4.39 Å². The summed E-state index contributed by atoms with van der Waals surface area (Å²) in [5.74, 6) is -2.09. The van der Waals surface area contributed by atoms with Crippen LogP contribution < -0.4 is 0 Å². The minimum Gasteiger partial charge on any atom is -0.480 e. The Morgan fingerprint density at radius 1 is 1.27 bits per heavy atom. The molecule has 2 aliphatic rings. The molecule has 6 heteroatoms. The minimum absolute atomic E-state index is 0.0175. The van der Waals surface area contributed by atoms with Crippen molar-refractivity contribution in [2.24, 2.45) is 0 Å². The van der Waals surface area contributed by atoms with E-state index in [9.17, 15) is 19.1 Å². The Kier molecular flexibility index (Phi) is 3.87. The first-order chi connectivity index (χ1) is 10.5. The Morgan fingerprint density at radius 2 is 2.00 bits per heavy atom. The van der Waals surface area contributed by atoms with Crippen LogP contribution >= 0.6 is 0 Å². The number of nitrogens with zero attached hydrogens (tertiary/aromatic N) is 1. The maximum Gasteiger partial charge on any atom is 0.328 e. The standard InChI is InChI=1S/C16H18FNO4/c17-12-6-4-5-11(9-12)14(19)18-13(15(20)21)10-22-16(18)7-2-1-3-8-16/h4-6,9,13H,1-3,7-8,10H2,(H,20,21). The van der Waals surface area contributed by atoms with Gasteiger partial charge in [-0.05, 0) is 43.9 Å². The van der Waals surface area contributed by atoms with Gasteiger partial charge in [0.2, 0.25) is 0 Å². The van der Waals surface area contributed by atoms with Crippen molar-refractivity contribution in [1.82, 2.24) is 4.90 Å². The second kappa shape index (κ2) is 5.68. The number of aliphatic carboxylic acids is 1. The zero-order valence-electron chi connectivity index (χ0n) is 12.1. The number of carbonyl (C=O) groups excluding carboxylic acids is 1. The Balaban J connectivity index is 1.97. The van der Waals surface area contributed by atoms with Crippen LogP contribution in [0.2, 0.25) is 0 Å². The molecule has 0 bridgehead atoms. The third-order valence-electron chi connectivity index (χ3n) is 4.47. The van der Waals surface area contributed by atoms with Crippen LogP contribution in [0.15, 0.2) is 24.3 Å². The summed E-state index contributed by atoms with van der Waals surface area (Å²) >= 11 is 0. The topological polar surface area (TPSA) is 66.8 Å². The molecule has 1 N–H and O–H groups in total. The highest BCUT2D eigenvalue weighted by Crippen LogP contribution is 2.41. The van der Waals surface area contributed by atoms with Gasteiger partial charge in [-0.25, -0.2) is 9.18 Å². The highest BCUT2D eigenvalue weighted by Gasteiger charge is 2.53. The number of hydrogen-bond acceptors (Lipinski definition) is 3. The highest BCUT2D eigenvalue weighted by molar-refractivity contribution is 5.97. The van der Waals surface area contributed by atoms with Gasteiger partial charge in [0.1, 0.15) is 11.5 Å². The minimum atomic E-state index is -1.09. The summed E-state index contributed by atoms with van der Waals surface area (Å²) in [6, 6.07) is 4.31. The summed E-state index contributed by atoms with van der Waals surface area (Å²) in [7, 11) is 0. The van der Waals surface area contributed by atoms with Gasteiger partial charge >= 0.3 is 5.97 Å². The van der Waals surface area contributed by atoms with Gasteiger partial charge in [0.25, 0.3) is 5.91 Å². The second-order valence-electron chi connectivity index (χ2n) is 5.86. The molecule has 118 valence electrons. The van der Waals surface area contributed by atoms with Gasteiger partial charge in [-0.15, -0.1) is 0 Å². The van der Waals surface area contributed by atoms with Crippen LogP contribution in [0.5, 0.6) is 0 Å². The van der Waals surface area contributed by atoms with E-state index in [1.54, 1.807) is 0 Å². The van der Waals surface area contributed by atoms with Crippen LogP contribution in [0.25, 0.3) is 0 Å². The zero-order valence-corrected chi connectivity index (χ0v) is 12.1. The molecule has 1 spiro atoms. The Labute approximate surface area is 127 Å². The molecule has 1 heterocycles. The fourth-order valence-electron chi connectivity index (χ4n) is 3.42. The summed E-state index contributed by atoms with van der Waals surface area (Å²) in [6.45, 7) is -0.0175. The average Bonchev–Trinajstić information content (AvgIpc) is 2.86. The molecular weight excluding hydrogens is 289 g/mol. The Morgan fingerprint density at radius 3 is 2.64 bits per heavy atom. The molecule has 1 aromatic rings. The number of ether oxygens (including phenoxy) is 1. The number of amides is 1. The largest absolute Gasteiger partial charge is 0.480 e. The maximum atomic E-state index is 13.4. The van der Waals surface area contributed by atoms with E-state index in [2.05, 4.69) is 0 Å². The lowest BCUT2D eigenvalue weighted by Gasteiger charge is -2.41. The monoisotopic (exact) mass is 307 g/mol. The fourth-order valence-corrected chi connectivity index (χ4v) is 3.42. The number of benzene rings is 1. The highest BCUT2D eigenvalue weighted by atomic mass is 19.1. The second-order valence-corrected chi connectivity index (χ2v) is 5.86. The lowest BCUT2D eigenvalue weighted by atomic mass is 9.89. The summed E-state index contributed by atoms with van der Waals surface area (Å²) in [4.78, 5) is 25.6. The van der Waals surface area contributed by atoms with E-state index >= 15 is 0 Å². The van der Waals surface area contributed by atoms with Crippen molar-refractivity contribution < 1.29 is 23.8 Å². The van der Waals surface area contributed by atoms with Gasteiger partial charge < -0.3 is 9.84 Å². The molecule has 1 atom stereocenters. The van der Waals surface area contributed by atoms with Crippen LogP contribution in [-0.4, -0.2) is 40.3 Å². The molecule has 0 radical (unpaired) electrons. The van der Waals surface area contributed by atoms with Gasteiger partial charge in [0.15, 0.2) is 6.04 Å². The van der Waals surface area contributed by atoms with E-state index in [-0.39, 0.29) is 12.2 Å². The molecule has 1 aromatic carbocycles. The van der Waals surface area contributed by atoms with Crippen molar-refractivity contribution in [1.29, 1.82) is 0 Å². The van der Waals surface area contributed by atoms with Crippen molar-refractivity contribution in [2.45, 2.75) is 43.9 Å². The van der Waals surface area contributed by atoms with Crippen molar-refractivity contribution in [3.8, 4) is 0 Å². The lowest BCUT2D eigenvalue weighted by molar-refractivity contribution is -0.143. The number of halogens is 1. The molecule has 1 saturated carbocycles. The van der Waals surface area contributed by atoms with E-state index in [1.807, 2.05) is 0 Å². The molecule has 3 rings (SSSR count). The van der Waals surface area contributed by atoms with Crippen molar-refractivity contribution in [3.05, 3.63) is 35.6 Å². The van der Waals surface area contributed by atoms with Crippen LogP contribution in [0.3, 0.4) is 0 Å². The molecule has 1 amide bonds. The number of rotatable bonds is 2. The number of carboxylic acids is 1. The summed E-state index contributed by atoms with van der Waals surface area (Å²) < 4.78 is 19.2.